The van der Waals surface area contributed by atoms with Crippen LogP contribution in [0.5, 0.6) is 0 Å². The number of halogens is 2. The van der Waals surface area contributed by atoms with E-state index in [-0.39, 0.29) is 51.0 Å². The Labute approximate surface area is 118 Å². The van der Waals surface area contributed by atoms with Crippen LogP contribution in [0, 0.1) is 6.08 Å². The molecular formula is C10H15Cl2OZr. The standard InChI is InChI=1S/C6H7.C4H8O.2ClH.Zr/c1-6-4-2-3-5-6;1-2-4-5-3-1;;;/h2,4H,3H2,1H3;1-4H2;2*1H;/q-1;;;;+3/p-2. The van der Waals surface area contributed by atoms with Crippen molar-refractivity contribution >= 4 is 0 Å². The third-order valence-electron chi connectivity index (χ3n) is 1.69. The molecule has 0 amide bonds. The van der Waals surface area contributed by atoms with E-state index in [0.29, 0.717) is 0 Å². The number of allylic oxidation sites excluding steroid dienone is 4. The maximum absolute atomic E-state index is 4.94. The molecule has 1 fully saturated rings. The second kappa shape index (κ2) is 13.9. The summed E-state index contributed by atoms with van der Waals surface area (Å²) in [7, 11) is 0. The number of hydrogen-bond acceptors (Lipinski definition) is 1. The molecular weight excluding hydrogens is 298 g/mol. The average Bonchev–Trinajstić information content (AvgIpc) is 2.57. The Bertz CT molecular complexity index is 155. The fraction of sp³-hybridized carbons (Fsp3) is 0.600. The fourth-order valence-electron chi connectivity index (χ4n) is 1.02. The Kier molecular flexibility index (Phi) is 20.2. The summed E-state index contributed by atoms with van der Waals surface area (Å²) >= 11 is 0. The monoisotopic (exact) mass is 311 g/mol. The van der Waals surface area contributed by atoms with E-state index in [0.717, 1.165) is 19.6 Å². The quantitative estimate of drug-likeness (QED) is 0.422. The van der Waals surface area contributed by atoms with E-state index in [2.05, 4.69) is 25.2 Å². The molecule has 79 valence electrons. The summed E-state index contributed by atoms with van der Waals surface area (Å²) in [4.78, 5) is 0. The summed E-state index contributed by atoms with van der Waals surface area (Å²) in [6.07, 6.45) is 10.9. The van der Waals surface area contributed by atoms with Gasteiger partial charge in [-0.25, -0.2) is 11.6 Å². The maximum atomic E-state index is 4.94. The second-order valence-electron chi connectivity index (χ2n) is 2.79. The zero-order valence-corrected chi connectivity index (χ0v) is 12.3. The predicted octanol–water partition coefficient (Wildman–Crippen LogP) is -3.50. The molecule has 2 aliphatic rings. The van der Waals surface area contributed by atoms with E-state index in [1.165, 1.54) is 18.4 Å². The van der Waals surface area contributed by atoms with E-state index >= 15 is 0 Å². The van der Waals surface area contributed by atoms with Crippen LogP contribution in [0.15, 0.2) is 17.7 Å². The zero-order valence-electron chi connectivity index (χ0n) is 8.35. The molecule has 1 aliphatic heterocycles. The predicted molar refractivity (Wildman–Crippen MR) is 46.2 cm³/mol. The molecule has 0 aromatic carbocycles. The largest absolute Gasteiger partial charge is 3.00 e. The van der Waals surface area contributed by atoms with Gasteiger partial charge in [-0.15, -0.1) is 6.42 Å². The molecule has 0 aromatic rings. The van der Waals surface area contributed by atoms with E-state index in [9.17, 15) is 0 Å². The minimum Gasteiger partial charge on any atom is -1.00 e. The van der Waals surface area contributed by atoms with Gasteiger partial charge < -0.3 is 29.6 Å². The van der Waals surface area contributed by atoms with E-state index < -0.39 is 0 Å². The molecule has 0 saturated carbocycles. The molecule has 1 nitrogen and oxygen atoms in total. The van der Waals surface area contributed by atoms with Gasteiger partial charge in [0.15, 0.2) is 0 Å². The minimum atomic E-state index is 0. The number of rotatable bonds is 0. The van der Waals surface area contributed by atoms with Crippen molar-refractivity contribution in [1.82, 2.24) is 0 Å². The molecule has 4 heteroatoms. The van der Waals surface area contributed by atoms with Crippen molar-refractivity contribution in [1.29, 1.82) is 0 Å². The van der Waals surface area contributed by atoms with Crippen LogP contribution >= 0.6 is 0 Å². The summed E-state index contributed by atoms with van der Waals surface area (Å²) in [5.41, 5.74) is 1.27. The normalized spacial score (nSPS) is 16.5. The van der Waals surface area contributed by atoms with Crippen LogP contribution in [0.3, 0.4) is 0 Å². The summed E-state index contributed by atoms with van der Waals surface area (Å²) < 4.78 is 4.94. The Morgan fingerprint density at radius 2 is 1.79 bits per heavy atom. The van der Waals surface area contributed by atoms with Gasteiger partial charge in [-0.3, -0.25) is 6.08 Å². The van der Waals surface area contributed by atoms with Crippen molar-refractivity contribution in [3.63, 3.8) is 0 Å². The van der Waals surface area contributed by atoms with Crippen molar-refractivity contribution < 1.29 is 55.8 Å². The topological polar surface area (TPSA) is 9.23 Å². The Morgan fingerprint density at radius 3 is 1.93 bits per heavy atom. The molecule has 0 unspecified atom stereocenters. The molecule has 0 atom stereocenters. The van der Waals surface area contributed by atoms with Gasteiger partial charge >= 0.3 is 26.2 Å². The second-order valence-corrected chi connectivity index (χ2v) is 2.79. The van der Waals surface area contributed by atoms with Crippen LogP contribution in [-0.2, 0) is 30.9 Å². The summed E-state index contributed by atoms with van der Waals surface area (Å²) in [5, 5.41) is 0. The first-order valence-corrected chi connectivity index (χ1v) is 4.21. The van der Waals surface area contributed by atoms with Gasteiger partial charge in [0.25, 0.3) is 0 Å². The van der Waals surface area contributed by atoms with Gasteiger partial charge in [-0.2, -0.15) is 6.08 Å². The smallest absolute Gasteiger partial charge is 1.00 e. The van der Waals surface area contributed by atoms with Gasteiger partial charge in [0, 0.05) is 13.2 Å². The molecule has 1 radical (unpaired) electrons. The van der Waals surface area contributed by atoms with E-state index in [1.807, 2.05) is 0 Å². The van der Waals surface area contributed by atoms with Crippen molar-refractivity contribution in [2.75, 3.05) is 13.2 Å². The minimum absolute atomic E-state index is 0. The Morgan fingerprint density at radius 1 is 1.21 bits per heavy atom. The molecule has 14 heavy (non-hydrogen) atoms. The summed E-state index contributed by atoms with van der Waals surface area (Å²) in [6, 6.07) is 0. The molecule has 0 spiro atoms. The number of hydrogen-bond donors (Lipinski definition) is 0. The van der Waals surface area contributed by atoms with E-state index in [1.54, 1.807) is 0 Å². The summed E-state index contributed by atoms with van der Waals surface area (Å²) in [6.45, 7) is 4.06. The Balaban J connectivity index is -0.000000144. The van der Waals surface area contributed by atoms with E-state index in [4.69, 9.17) is 4.74 Å². The van der Waals surface area contributed by atoms with Crippen LogP contribution < -0.4 is 24.8 Å². The third-order valence-corrected chi connectivity index (χ3v) is 1.69. The molecule has 1 aliphatic carbocycles. The molecule has 0 aromatic heterocycles. The van der Waals surface area contributed by atoms with Gasteiger partial charge in [0.05, 0.1) is 0 Å². The van der Waals surface area contributed by atoms with Crippen LogP contribution in [-0.4, -0.2) is 13.2 Å². The first-order chi connectivity index (χ1) is 5.39. The fourth-order valence-corrected chi connectivity index (χ4v) is 1.02. The van der Waals surface area contributed by atoms with Crippen LogP contribution in [0.4, 0.5) is 0 Å². The van der Waals surface area contributed by atoms with Gasteiger partial charge in [0.1, 0.15) is 0 Å². The number of ether oxygens (including phenoxy) is 1. The average molecular weight is 313 g/mol. The zero-order chi connectivity index (χ0) is 7.94. The van der Waals surface area contributed by atoms with Crippen LogP contribution in [0.25, 0.3) is 0 Å². The molecule has 0 N–H and O–H groups in total. The molecule has 2 rings (SSSR count). The summed E-state index contributed by atoms with van der Waals surface area (Å²) in [5.74, 6) is 0. The van der Waals surface area contributed by atoms with Crippen molar-refractivity contribution in [3.8, 4) is 0 Å². The molecule has 0 bridgehead atoms. The first-order valence-electron chi connectivity index (χ1n) is 4.21. The first kappa shape index (κ1) is 20.3. The van der Waals surface area contributed by atoms with Crippen molar-refractivity contribution in [3.05, 3.63) is 23.8 Å². The van der Waals surface area contributed by atoms with Crippen LogP contribution in [0.2, 0.25) is 0 Å². The van der Waals surface area contributed by atoms with Crippen LogP contribution in [0.1, 0.15) is 26.2 Å². The maximum Gasteiger partial charge on any atom is 3.00 e. The van der Waals surface area contributed by atoms with Crippen molar-refractivity contribution in [2.45, 2.75) is 26.2 Å². The van der Waals surface area contributed by atoms with Gasteiger partial charge in [0.2, 0.25) is 0 Å². The van der Waals surface area contributed by atoms with Gasteiger partial charge in [-0.05, 0) is 12.8 Å². The van der Waals surface area contributed by atoms with Gasteiger partial charge in [-0.1, -0.05) is 6.92 Å². The SMILES string of the molecule is C1CCOC1.CC1=[C-]CC=C1.[Cl-].[Cl-].[Zr+3]. The third kappa shape index (κ3) is 11.0. The Hall–Kier alpha value is 0.903. The molecule has 1 heterocycles. The molecule has 1 saturated heterocycles. The van der Waals surface area contributed by atoms with Crippen molar-refractivity contribution in [2.24, 2.45) is 0 Å².